The molecule has 3 nitrogen and oxygen atoms in total. The molecule has 2 rings (SSSR count). The molecule has 0 bridgehead atoms. The fraction of sp³-hybridized carbons (Fsp3) is 0.667. The van der Waals surface area contributed by atoms with E-state index in [4.69, 9.17) is 0 Å². The Balaban J connectivity index is 1.92. The zero-order valence-electron chi connectivity index (χ0n) is 11.8. The van der Waals surface area contributed by atoms with Gasteiger partial charge in [-0.1, -0.05) is 19.9 Å². The van der Waals surface area contributed by atoms with Crippen molar-refractivity contribution in [1.29, 1.82) is 0 Å². The monoisotopic (exact) mass is 247 g/mol. The van der Waals surface area contributed by atoms with Gasteiger partial charge in [-0.15, -0.1) is 0 Å². The molecule has 1 aliphatic rings. The first-order valence-electron chi connectivity index (χ1n) is 6.98. The Morgan fingerprint density at radius 3 is 2.56 bits per heavy atom. The smallest absolute Gasteiger partial charge is 0.0544 e. The minimum Gasteiger partial charge on any atom is -0.316 e. The van der Waals surface area contributed by atoms with Crippen LogP contribution in [0.5, 0.6) is 0 Å². The molecule has 0 radical (unpaired) electrons. The van der Waals surface area contributed by atoms with Gasteiger partial charge in [0.2, 0.25) is 0 Å². The van der Waals surface area contributed by atoms with E-state index in [0.717, 1.165) is 24.9 Å². The molecule has 1 aromatic rings. The predicted octanol–water partition coefficient (Wildman–Crippen LogP) is 2.28. The molecule has 2 unspecified atom stereocenters. The lowest BCUT2D eigenvalue weighted by atomic mass is 9.92. The molecule has 1 saturated heterocycles. The third-order valence-electron chi connectivity index (χ3n) is 3.60. The zero-order valence-corrected chi connectivity index (χ0v) is 11.8. The Labute approximate surface area is 111 Å². The largest absolute Gasteiger partial charge is 0.316 e. The molecule has 2 heterocycles. The predicted molar refractivity (Wildman–Crippen MR) is 75.2 cm³/mol. The van der Waals surface area contributed by atoms with Crippen LogP contribution < -0.4 is 5.32 Å². The lowest BCUT2D eigenvalue weighted by Crippen LogP contribution is -2.38. The molecule has 0 amide bonds. The molecule has 0 aliphatic carbocycles. The minimum atomic E-state index is 0.817. The number of hydrogen-bond acceptors (Lipinski definition) is 3. The van der Waals surface area contributed by atoms with E-state index < -0.39 is 0 Å². The molecular formula is C15H25N3. The van der Waals surface area contributed by atoms with E-state index >= 15 is 0 Å². The van der Waals surface area contributed by atoms with Crippen LogP contribution in [-0.2, 0) is 13.1 Å². The number of aromatic nitrogens is 1. The number of piperidine rings is 1. The second kappa shape index (κ2) is 6.30. The van der Waals surface area contributed by atoms with E-state index in [0.29, 0.717) is 0 Å². The van der Waals surface area contributed by atoms with Gasteiger partial charge in [0.25, 0.3) is 0 Å². The summed E-state index contributed by atoms with van der Waals surface area (Å²) in [5.74, 6) is 1.63. The normalized spacial score (nSPS) is 25.3. The van der Waals surface area contributed by atoms with Crippen LogP contribution in [0.25, 0.3) is 0 Å². The molecule has 18 heavy (non-hydrogen) atoms. The fourth-order valence-corrected chi connectivity index (χ4v) is 3.01. The zero-order chi connectivity index (χ0) is 13.0. The minimum absolute atomic E-state index is 0.817. The van der Waals surface area contributed by atoms with Crippen LogP contribution in [0.1, 0.15) is 31.5 Å². The lowest BCUT2D eigenvalue weighted by molar-refractivity contribution is 0.133. The molecule has 100 valence electrons. The maximum absolute atomic E-state index is 4.56. The Morgan fingerprint density at radius 2 is 2.00 bits per heavy atom. The van der Waals surface area contributed by atoms with Gasteiger partial charge in [-0.05, 0) is 36.9 Å². The first-order valence-corrected chi connectivity index (χ1v) is 6.98. The maximum atomic E-state index is 4.56. The highest BCUT2D eigenvalue weighted by Crippen LogP contribution is 2.22. The highest BCUT2D eigenvalue weighted by atomic mass is 15.1. The van der Waals surface area contributed by atoms with Gasteiger partial charge in [-0.3, -0.25) is 9.88 Å². The van der Waals surface area contributed by atoms with Gasteiger partial charge in [0.05, 0.1) is 5.69 Å². The second-order valence-electron chi connectivity index (χ2n) is 5.83. The highest BCUT2D eigenvalue weighted by Gasteiger charge is 2.21. The number of pyridine rings is 1. The summed E-state index contributed by atoms with van der Waals surface area (Å²) >= 11 is 0. The molecule has 0 spiro atoms. The van der Waals surface area contributed by atoms with Crippen molar-refractivity contribution in [2.45, 2.75) is 33.4 Å². The molecule has 2 atom stereocenters. The summed E-state index contributed by atoms with van der Waals surface area (Å²) in [5.41, 5.74) is 2.44. The van der Waals surface area contributed by atoms with Crippen molar-refractivity contribution in [3.8, 4) is 0 Å². The molecule has 1 fully saturated rings. The molecule has 0 aromatic carbocycles. The molecule has 1 aliphatic heterocycles. The molecular weight excluding hydrogens is 222 g/mol. The fourth-order valence-electron chi connectivity index (χ4n) is 3.01. The first kappa shape index (κ1) is 13.5. The SMILES string of the molecule is CNCc1ccc(CN2CC(C)CC(C)C2)nc1. The topological polar surface area (TPSA) is 28.2 Å². The van der Waals surface area contributed by atoms with Crippen LogP contribution in [-0.4, -0.2) is 30.0 Å². The maximum Gasteiger partial charge on any atom is 0.0544 e. The van der Waals surface area contributed by atoms with Crippen molar-refractivity contribution >= 4 is 0 Å². The second-order valence-corrected chi connectivity index (χ2v) is 5.83. The van der Waals surface area contributed by atoms with Crippen LogP contribution in [0.3, 0.4) is 0 Å². The summed E-state index contributed by atoms with van der Waals surface area (Å²) in [6.45, 7) is 9.02. The summed E-state index contributed by atoms with van der Waals surface area (Å²) < 4.78 is 0. The average Bonchev–Trinajstić information content (AvgIpc) is 2.31. The molecule has 1 aromatic heterocycles. The third kappa shape index (κ3) is 3.79. The summed E-state index contributed by atoms with van der Waals surface area (Å²) in [5, 5.41) is 3.15. The number of hydrogen-bond donors (Lipinski definition) is 1. The molecule has 0 saturated carbocycles. The van der Waals surface area contributed by atoms with Gasteiger partial charge >= 0.3 is 0 Å². The Hall–Kier alpha value is -0.930. The Bertz CT molecular complexity index is 351. The van der Waals surface area contributed by atoms with Crippen molar-refractivity contribution in [3.63, 3.8) is 0 Å². The van der Waals surface area contributed by atoms with E-state index in [-0.39, 0.29) is 0 Å². The van der Waals surface area contributed by atoms with Crippen molar-refractivity contribution in [2.75, 3.05) is 20.1 Å². The van der Waals surface area contributed by atoms with E-state index in [2.05, 4.69) is 41.2 Å². The van der Waals surface area contributed by atoms with Gasteiger partial charge in [-0.25, -0.2) is 0 Å². The van der Waals surface area contributed by atoms with E-state index in [1.807, 2.05) is 13.2 Å². The number of rotatable bonds is 4. The summed E-state index contributed by atoms with van der Waals surface area (Å²) in [7, 11) is 1.96. The first-order chi connectivity index (χ1) is 8.67. The number of nitrogens with zero attached hydrogens (tertiary/aromatic N) is 2. The average molecular weight is 247 g/mol. The summed E-state index contributed by atoms with van der Waals surface area (Å²) in [6.07, 6.45) is 3.35. The van der Waals surface area contributed by atoms with Gasteiger partial charge in [0.15, 0.2) is 0 Å². The van der Waals surface area contributed by atoms with Gasteiger partial charge in [0.1, 0.15) is 0 Å². The Kier molecular flexibility index (Phi) is 4.72. The van der Waals surface area contributed by atoms with Crippen LogP contribution in [0.15, 0.2) is 18.3 Å². The van der Waals surface area contributed by atoms with E-state index in [9.17, 15) is 0 Å². The van der Waals surface area contributed by atoms with Crippen molar-refractivity contribution in [1.82, 2.24) is 15.2 Å². The molecule has 3 heteroatoms. The third-order valence-corrected chi connectivity index (χ3v) is 3.60. The van der Waals surface area contributed by atoms with Gasteiger partial charge in [0, 0.05) is 32.4 Å². The molecule has 1 N–H and O–H groups in total. The standard InChI is InChI=1S/C15H25N3/c1-12-6-13(2)10-18(9-12)11-15-5-4-14(7-16-3)8-17-15/h4-5,8,12-13,16H,6-7,9-11H2,1-3H3. The van der Waals surface area contributed by atoms with Gasteiger partial charge < -0.3 is 5.32 Å². The van der Waals surface area contributed by atoms with E-state index in [1.165, 1.54) is 30.8 Å². The quantitative estimate of drug-likeness (QED) is 0.885. The summed E-state index contributed by atoms with van der Waals surface area (Å²) in [6, 6.07) is 4.34. The van der Waals surface area contributed by atoms with Crippen molar-refractivity contribution in [3.05, 3.63) is 29.6 Å². The van der Waals surface area contributed by atoms with Crippen LogP contribution in [0.4, 0.5) is 0 Å². The number of likely N-dealkylation sites (tertiary alicyclic amines) is 1. The van der Waals surface area contributed by atoms with Crippen LogP contribution in [0.2, 0.25) is 0 Å². The van der Waals surface area contributed by atoms with Crippen LogP contribution >= 0.6 is 0 Å². The number of nitrogens with one attached hydrogen (secondary N) is 1. The van der Waals surface area contributed by atoms with E-state index in [1.54, 1.807) is 0 Å². The van der Waals surface area contributed by atoms with Crippen LogP contribution in [0, 0.1) is 11.8 Å². The lowest BCUT2D eigenvalue weighted by Gasteiger charge is -2.34. The van der Waals surface area contributed by atoms with Gasteiger partial charge in [-0.2, -0.15) is 0 Å². The summed E-state index contributed by atoms with van der Waals surface area (Å²) in [4.78, 5) is 7.10. The Morgan fingerprint density at radius 1 is 1.28 bits per heavy atom. The highest BCUT2D eigenvalue weighted by molar-refractivity contribution is 5.14. The van der Waals surface area contributed by atoms with Crippen molar-refractivity contribution in [2.24, 2.45) is 11.8 Å². The van der Waals surface area contributed by atoms with Crippen molar-refractivity contribution < 1.29 is 0 Å².